The monoisotopic (exact) mass is 423 g/mol. The highest BCUT2D eigenvalue weighted by Gasteiger charge is 2.21. The number of carboxylic acids is 1. The number of carbonyl (C=O) groups excluding carboxylic acids is 1. The summed E-state index contributed by atoms with van der Waals surface area (Å²) in [4.78, 5) is 11.0. The fourth-order valence-corrected chi connectivity index (χ4v) is 2.63. The second-order valence-electron chi connectivity index (χ2n) is 6.68. The zero-order valence-electron chi connectivity index (χ0n) is 16.4. The van der Waals surface area contributed by atoms with Gasteiger partial charge < -0.3 is 28.3 Å². The van der Waals surface area contributed by atoms with Crippen LogP contribution in [-0.4, -0.2) is 39.5 Å². The Kier molecular flexibility index (Phi) is 7.33. The van der Waals surface area contributed by atoms with Crippen LogP contribution in [0.25, 0.3) is 0 Å². The van der Waals surface area contributed by atoms with Gasteiger partial charge in [0.1, 0.15) is 28.6 Å². The van der Waals surface area contributed by atoms with E-state index in [9.17, 15) is 18.3 Å². The lowest BCUT2D eigenvalue weighted by molar-refractivity contribution is -0.320. The summed E-state index contributed by atoms with van der Waals surface area (Å²) >= 11 is 0. The van der Waals surface area contributed by atoms with E-state index < -0.39 is 21.7 Å². The molecule has 0 atom stereocenters. The molecule has 0 aliphatic carbocycles. The average Bonchev–Trinajstić information content (AvgIpc) is 2.61. The van der Waals surface area contributed by atoms with Crippen molar-refractivity contribution in [3.8, 4) is 23.0 Å². The number of hydrogen-bond donors (Lipinski definition) is 0. The van der Waals surface area contributed by atoms with Crippen LogP contribution in [0.15, 0.2) is 48.5 Å². The third-order valence-electron chi connectivity index (χ3n) is 3.57. The van der Waals surface area contributed by atoms with Crippen LogP contribution in [0.2, 0.25) is 0 Å². The molecule has 0 unspecified atom stereocenters. The molecule has 9 heteroatoms. The predicted molar refractivity (Wildman–Crippen MR) is 104 cm³/mol. The van der Waals surface area contributed by atoms with Crippen LogP contribution in [0.5, 0.6) is 23.0 Å². The van der Waals surface area contributed by atoms with Gasteiger partial charge in [-0.25, -0.2) is 0 Å². The summed E-state index contributed by atoms with van der Waals surface area (Å²) in [5.41, 5.74) is -1.45. The van der Waals surface area contributed by atoms with Crippen LogP contribution >= 0.6 is 0 Å². The fraction of sp³-hybridized carbons (Fsp3) is 0.350. The maximum Gasteiger partial charge on any atom is 0.306 e. The lowest BCUT2D eigenvalue weighted by Gasteiger charge is -2.27. The molecule has 2 aromatic rings. The molecule has 0 saturated heterocycles. The van der Waals surface area contributed by atoms with Gasteiger partial charge in [-0.05, 0) is 50.2 Å². The average molecular weight is 423 g/mol. The maximum absolute atomic E-state index is 11.1. The first-order valence-electron chi connectivity index (χ1n) is 8.81. The van der Waals surface area contributed by atoms with Crippen molar-refractivity contribution >= 4 is 16.1 Å². The lowest BCUT2D eigenvalue weighted by atomic mass is 10.1. The van der Waals surface area contributed by atoms with Gasteiger partial charge in [-0.2, -0.15) is 8.42 Å². The second-order valence-corrected chi connectivity index (χ2v) is 8.26. The van der Waals surface area contributed by atoms with Crippen molar-refractivity contribution in [1.29, 1.82) is 0 Å². The minimum Gasteiger partial charge on any atom is -0.546 e. The van der Waals surface area contributed by atoms with Crippen molar-refractivity contribution in [3.05, 3.63) is 48.5 Å². The summed E-state index contributed by atoms with van der Waals surface area (Å²) < 4.78 is 43.5. The van der Waals surface area contributed by atoms with E-state index in [0.717, 1.165) is 6.26 Å². The summed E-state index contributed by atoms with van der Waals surface area (Å²) in [7, 11) is -3.56. The number of ether oxygens (including phenoxy) is 3. The van der Waals surface area contributed by atoms with Crippen LogP contribution in [-0.2, 0) is 14.9 Å². The quantitative estimate of drug-likeness (QED) is 0.397. The van der Waals surface area contributed by atoms with Gasteiger partial charge in [0, 0.05) is 12.5 Å². The number of aliphatic carboxylic acids is 1. The lowest BCUT2D eigenvalue weighted by Crippen LogP contribution is -2.47. The molecule has 0 spiro atoms. The Morgan fingerprint density at radius 3 is 2.07 bits per heavy atom. The van der Waals surface area contributed by atoms with E-state index >= 15 is 0 Å². The van der Waals surface area contributed by atoms with Crippen LogP contribution in [0.4, 0.5) is 0 Å². The van der Waals surface area contributed by atoms with E-state index in [1.807, 2.05) is 0 Å². The Balaban J connectivity index is 1.75. The smallest absolute Gasteiger partial charge is 0.306 e. The van der Waals surface area contributed by atoms with Crippen LogP contribution in [0.3, 0.4) is 0 Å². The molecular formula is C20H23O8S-. The van der Waals surface area contributed by atoms with Gasteiger partial charge in [-0.1, -0.05) is 6.07 Å². The molecule has 0 aliphatic rings. The number of rotatable bonds is 11. The van der Waals surface area contributed by atoms with Crippen LogP contribution < -0.4 is 23.5 Å². The van der Waals surface area contributed by atoms with Crippen LogP contribution in [0, 0.1) is 0 Å². The molecule has 0 amide bonds. The highest BCUT2D eigenvalue weighted by Crippen LogP contribution is 2.23. The summed E-state index contributed by atoms with van der Waals surface area (Å²) in [6.45, 7) is 3.59. The molecule has 158 valence electrons. The molecule has 0 bridgehead atoms. The largest absolute Gasteiger partial charge is 0.546 e. The molecule has 29 heavy (non-hydrogen) atoms. The summed E-state index contributed by atoms with van der Waals surface area (Å²) in [5.74, 6) is 0.387. The first-order valence-corrected chi connectivity index (χ1v) is 10.6. The van der Waals surface area contributed by atoms with Gasteiger partial charge in [-0.3, -0.25) is 0 Å². The molecule has 8 nitrogen and oxygen atoms in total. The van der Waals surface area contributed by atoms with E-state index in [-0.39, 0.29) is 5.75 Å². The Bertz CT molecular complexity index is 920. The summed E-state index contributed by atoms with van der Waals surface area (Å²) in [5, 5.41) is 11.0. The second kappa shape index (κ2) is 9.51. The number of carboxylic acid groups (broad SMARTS) is 1. The zero-order valence-corrected chi connectivity index (χ0v) is 17.2. The molecule has 0 radical (unpaired) electrons. The first-order chi connectivity index (χ1) is 13.5. The van der Waals surface area contributed by atoms with Crippen molar-refractivity contribution in [2.45, 2.75) is 25.9 Å². The first kappa shape index (κ1) is 22.4. The van der Waals surface area contributed by atoms with E-state index in [2.05, 4.69) is 0 Å². The molecule has 0 saturated carbocycles. The molecule has 0 N–H and O–H groups in total. The molecular weight excluding hydrogens is 400 g/mol. The zero-order chi connectivity index (χ0) is 21.5. The molecule has 0 heterocycles. The van der Waals surface area contributed by atoms with E-state index in [1.165, 1.54) is 26.0 Å². The molecule has 0 aliphatic heterocycles. The Hall–Kier alpha value is -2.94. The van der Waals surface area contributed by atoms with Crippen LogP contribution in [0.1, 0.15) is 20.3 Å². The van der Waals surface area contributed by atoms with Crippen molar-refractivity contribution in [1.82, 2.24) is 0 Å². The van der Waals surface area contributed by atoms with E-state index in [0.29, 0.717) is 36.9 Å². The Morgan fingerprint density at radius 1 is 0.931 bits per heavy atom. The minimum absolute atomic E-state index is 0.215. The SMILES string of the molecule is CC(C)(Oc1cccc(OCCCOc2ccc(OS(C)(=O)=O)cc2)c1)C(=O)[O-]. The standard InChI is InChI=1S/C20H24O8S/c1-20(2,19(21)22)27-18-7-4-6-17(14-18)26-13-5-12-25-15-8-10-16(11-9-15)28-29(3,23)24/h4,6-11,14H,5,12-13H2,1-3H3,(H,21,22)/p-1. The van der Waals surface area contributed by atoms with Crippen molar-refractivity contribution in [2.75, 3.05) is 19.5 Å². The highest BCUT2D eigenvalue weighted by atomic mass is 32.2. The van der Waals surface area contributed by atoms with Gasteiger partial charge in [0.05, 0.1) is 25.4 Å². The van der Waals surface area contributed by atoms with Gasteiger partial charge in [-0.15, -0.1) is 0 Å². The van der Waals surface area contributed by atoms with E-state index in [4.69, 9.17) is 18.4 Å². The maximum atomic E-state index is 11.1. The van der Waals surface area contributed by atoms with Crippen molar-refractivity contribution < 1.29 is 36.7 Å². The topological polar surface area (TPSA) is 111 Å². The van der Waals surface area contributed by atoms with Gasteiger partial charge in [0.25, 0.3) is 0 Å². The molecule has 0 fully saturated rings. The van der Waals surface area contributed by atoms with Gasteiger partial charge in [0.15, 0.2) is 0 Å². The number of hydrogen-bond acceptors (Lipinski definition) is 8. The molecule has 2 aromatic carbocycles. The number of carbonyl (C=O) groups is 1. The number of benzene rings is 2. The Labute approximate surface area is 170 Å². The third-order valence-corrected chi connectivity index (χ3v) is 4.06. The highest BCUT2D eigenvalue weighted by molar-refractivity contribution is 7.86. The van der Waals surface area contributed by atoms with E-state index in [1.54, 1.807) is 36.4 Å². The normalized spacial score (nSPS) is 11.6. The Morgan fingerprint density at radius 2 is 1.48 bits per heavy atom. The van der Waals surface area contributed by atoms with Crippen molar-refractivity contribution in [2.24, 2.45) is 0 Å². The van der Waals surface area contributed by atoms with Gasteiger partial charge >= 0.3 is 10.1 Å². The third kappa shape index (κ3) is 7.90. The predicted octanol–water partition coefficient (Wildman–Crippen LogP) is 1.78. The summed E-state index contributed by atoms with van der Waals surface area (Å²) in [6, 6.07) is 12.9. The van der Waals surface area contributed by atoms with Crippen molar-refractivity contribution in [3.63, 3.8) is 0 Å². The molecule has 2 rings (SSSR count). The minimum atomic E-state index is -3.56. The fourth-order valence-electron chi connectivity index (χ4n) is 2.17. The molecule has 0 aromatic heterocycles. The van der Waals surface area contributed by atoms with Gasteiger partial charge in [0.2, 0.25) is 0 Å². The summed E-state index contributed by atoms with van der Waals surface area (Å²) in [6.07, 6.45) is 1.57.